The lowest BCUT2D eigenvalue weighted by molar-refractivity contribution is 0.415. The molecule has 0 amide bonds. The zero-order valence-electron chi connectivity index (χ0n) is 15.6. The first kappa shape index (κ1) is 16.5. The minimum Gasteiger partial charge on any atom is -0.497 e. The van der Waals surface area contributed by atoms with E-state index in [1.54, 1.807) is 7.11 Å². The normalized spacial score (nSPS) is 11.0. The zero-order chi connectivity index (χ0) is 18.9. The average molecular weight is 364 g/mol. The molecule has 0 aliphatic carbocycles. The van der Waals surface area contributed by atoms with Crippen LogP contribution in [-0.4, -0.2) is 12.1 Å². The smallest absolute Gasteiger partial charge is 0.119 e. The van der Waals surface area contributed by atoms with E-state index in [4.69, 9.17) is 4.74 Å². The van der Waals surface area contributed by atoms with Crippen molar-refractivity contribution in [2.75, 3.05) is 12.0 Å². The van der Waals surface area contributed by atoms with Crippen LogP contribution < -0.4 is 9.64 Å². The molecule has 28 heavy (non-hydrogen) atoms. The lowest BCUT2D eigenvalue weighted by atomic mass is 10.1. The summed E-state index contributed by atoms with van der Waals surface area (Å²) in [5, 5.41) is 2.46. The summed E-state index contributed by atoms with van der Waals surface area (Å²) in [6.45, 7) is 0. The minimum absolute atomic E-state index is 0.851. The molecule has 5 aromatic rings. The molecule has 0 saturated heterocycles. The summed E-state index contributed by atoms with van der Waals surface area (Å²) in [6.07, 6.45) is 0. The lowest BCUT2D eigenvalue weighted by Crippen LogP contribution is -2.09. The molecule has 1 N–H and O–H groups in total. The number of benzene rings is 4. The summed E-state index contributed by atoms with van der Waals surface area (Å²) in [7, 11) is 1.69. The Bertz CT molecular complexity index is 1240. The van der Waals surface area contributed by atoms with E-state index in [0.29, 0.717) is 0 Å². The second-order valence-corrected chi connectivity index (χ2v) is 6.77. The zero-order valence-corrected chi connectivity index (χ0v) is 15.6. The highest BCUT2D eigenvalue weighted by atomic mass is 16.5. The summed E-state index contributed by atoms with van der Waals surface area (Å²) in [4.78, 5) is 5.77. The predicted molar refractivity (Wildman–Crippen MR) is 117 cm³/mol. The molecule has 3 heteroatoms. The predicted octanol–water partition coefficient (Wildman–Crippen LogP) is 6.80. The fourth-order valence-electron chi connectivity index (χ4n) is 3.73. The first-order valence-electron chi connectivity index (χ1n) is 9.33. The molecule has 4 aromatic carbocycles. The van der Waals surface area contributed by atoms with Crippen LogP contribution in [0.5, 0.6) is 5.75 Å². The van der Waals surface area contributed by atoms with Gasteiger partial charge in [0.05, 0.1) is 7.11 Å². The van der Waals surface area contributed by atoms with Crippen molar-refractivity contribution in [3.63, 3.8) is 0 Å². The summed E-state index contributed by atoms with van der Waals surface area (Å²) in [6, 6.07) is 33.6. The fraction of sp³-hybridized carbons (Fsp3) is 0.0400. The maximum Gasteiger partial charge on any atom is 0.119 e. The summed E-state index contributed by atoms with van der Waals surface area (Å²) >= 11 is 0. The number of nitrogens with one attached hydrogen (secondary N) is 1. The van der Waals surface area contributed by atoms with Gasteiger partial charge in [-0.1, -0.05) is 36.4 Å². The number of aromatic amines is 1. The van der Waals surface area contributed by atoms with Crippen molar-refractivity contribution in [3.05, 3.63) is 97.1 Å². The van der Waals surface area contributed by atoms with E-state index in [9.17, 15) is 0 Å². The first-order valence-corrected chi connectivity index (χ1v) is 9.33. The third-order valence-corrected chi connectivity index (χ3v) is 5.09. The van der Waals surface area contributed by atoms with Gasteiger partial charge in [0.15, 0.2) is 0 Å². The molecular weight excluding hydrogens is 344 g/mol. The van der Waals surface area contributed by atoms with Crippen LogP contribution in [0.2, 0.25) is 0 Å². The van der Waals surface area contributed by atoms with E-state index in [2.05, 4.69) is 88.7 Å². The topological polar surface area (TPSA) is 28.3 Å². The third-order valence-electron chi connectivity index (χ3n) is 5.09. The highest BCUT2D eigenvalue weighted by Gasteiger charge is 2.14. The molecule has 3 nitrogen and oxygen atoms in total. The minimum atomic E-state index is 0.851. The Morgan fingerprint density at radius 3 is 2.04 bits per heavy atom. The Balaban J connectivity index is 1.71. The maximum absolute atomic E-state index is 5.33. The van der Waals surface area contributed by atoms with Gasteiger partial charge in [-0.25, -0.2) is 0 Å². The molecule has 0 bridgehead atoms. The molecule has 0 spiro atoms. The number of H-pyrrole nitrogens is 1. The van der Waals surface area contributed by atoms with Gasteiger partial charge in [-0.3, -0.25) is 0 Å². The fourth-order valence-corrected chi connectivity index (χ4v) is 3.73. The summed E-state index contributed by atoms with van der Waals surface area (Å²) in [5.41, 5.74) is 5.63. The van der Waals surface area contributed by atoms with Crippen molar-refractivity contribution in [3.8, 4) is 5.75 Å². The molecular formula is C25H20N2O. The van der Waals surface area contributed by atoms with E-state index in [1.807, 2.05) is 18.2 Å². The second-order valence-electron chi connectivity index (χ2n) is 6.77. The molecule has 136 valence electrons. The van der Waals surface area contributed by atoms with E-state index in [1.165, 1.54) is 10.8 Å². The highest BCUT2D eigenvalue weighted by Crippen LogP contribution is 2.37. The average Bonchev–Trinajstić information content (AvgIpc) is 3.13. The van der Waals surface area contributed by atoms with Crippen molar-refractivity contribution in [2.24, 2.45) is 0 Å². The van der Waals surface area contributed by atoms with Gasteiger partial charge in [-0.2, -0.15) is 0 Å². The Labute approximate surface area is 163 Å². The van der Waals surface area contributed by atoms with Crippen molar-refractivity contribution in [1.82, 2.24) is 4.98 Å². The number of fused-ring (bicyclic) bond motifs is 3. The Morgan fingerprint density at radius 2 is 1.25 bits per heavy atom. The van der Waals surface area contributed by atoms with Gasteiger partial charge < -0.3 is 14.6 Å². The second kappa shape index (κ2) is 6.78. The van der Waals surface area contributed by atoms with Gasteiger partial charge in [0, 0.05) is 38.9 Å². The van der Waals surface area contributed by atoms with Crippen LogP contribution in [0, 0.1) is 0 Å². The number of anilines is 3. The quantitative estimate of drug-likeness (QED) is 0.380. The molecule has 1 heterocycles. The number of aromatic nitrogens is 1. The molecule has 0 saturated carbocycles. The number of hydrogen-bond donors (Lipinski definition) is 1. The van der Waals surface area contributed by atoms with Gasteiger partial charge in [-0.15, -0.1) is 0 Å². The van der Waals surface area contributed by atoms with Crippen LogP contribution in [0.3, 0.4) is 0 Å². The first-order chi connectivity index (χ1) is 13.8. The van der Waals surface area contributed by atoms with Crippen LogP contribution in [0.15, 0.2) is 97.1 Å². The van der Waals surface area contributed by atoms with Gasteiger partial charge in [0.1, 0.15) is 5.75 Å². The Hall–Kier alpha value is -3.72. The molecule has 1 aromatic heterocycles. The molecule has 0 aliphatic heterocycles. The SMILES string of the molecule is COc1ccc(N(c2ccccc2)c2ccc3[nH]c4ccccc4c3c2)cc1. The Morgan fingerprint density at radius 1 is 0.607 bits per heavy atom. The molecule has 0 aliphatic rings. The number of ether oxygens (including phenoxy) is 1. The molecule has 5 rings (SSSR count). The maximum atomic E-state index is 5.33. The van der Waals surface area contributed by atoms with Crippen LogP contribution >= 0.6 is 0 Å². The van der Waals surface area contributed by atoms with Gasteiger partial charge in [0.2, 0.25) is 0 Å². The summed E-state index contributed by atoms with van der Waals surface area (Å²) in [5.74, 6) is 0.851. The number of para-hydroxylation sites is 2. The molecule has 0 fully saturated rings. The number of nitrogens with zero attached hydrogens (tertiary/aromatic N) is 1. The number of hydrogen-bond acceptors (Lipinski definition) is 2. The monoisotopic (exact) mass is 364 g/mol. The van der Waals surface area contributed by atoms with Crippen molar-refractivity contribution in [1.29, 1.82) is 0 Å². The highest BCUT2D eigenvalue weighted by molar-refractivity contribution is 6.08. The lowest BCUT2D eigenvalue weighted by Gasteiger charge is -2.25. The van der Waals surface area contributed by atoms with Crippen LogP contribution in [-0.2, 0) is 0 Å². The number of methoxy groups -OCH3 is 1. The van der Waals surface area contributed by atoms with Gasteiger partial charge in [0.25, 0.3) is 0 Å². The van der Waals surface area contributed by atoms with Crippen molar-refractivity contribution >= 4 is 38.9 Å². The number of rotatable bonds is 4. The largest absolute Gasteiger partial charge is 0.497 e. The van der Waals surface area contributed by atoms with E-state index < -0.39 is 0 Å². The summed E-state index contributed by atoms with van der Waals surface area (Å²) < 4.78 is 5.33. The van der Waals surface area contributed by atoms with Crippen LogP contribution in [0.25, 0.3) is 21.8 Å². The van der Waals surface area contributed by atoms with E-state index >= 15 is 0 Å². The van der Waals surface area contributed by atoms with Crippen LogP contribution in [0.4, 0.5) is 17.1 Å². The molecule has 0 radical (unpaired) electrons. The van der Waals surface area contributed by atoms with Crippen LogP contribution in [0.1, 0.15) is 0 Å². The van der Waals surface area contributed by atoms with E-state index in [-0.39, 0.29) is 0 Å². The van der Waals surface area contributed by atoms with Gasteiger partial charge in [-0.05, 0) is 60.7 Å². The molecule has 0 atom stereocenters. The molecule has 0 unspecified atom stereocenters. The standard InChI is InChI=1S/C25H20N2O/c1-28-21-14-11-19(12-15-21)27(18-7-3-2-4-8-18)20-13-16-25-23(17-20)22-9-5-6-10-24(22)26-25/h2-17,26H,1H3. The Kier molecular flexibility index (Phi) is 3.99. The van der Waals surface area contributed by atoms with Gasteiger partial charge >= 0.3 is 0 Å². The van der Waals surface area contributed by atoms with E-state index in [0.717, 1.165) is 33.8 Å². The van der Waals surface area contributed by atoms with Crippen molar-refractivity contribution < 1.29 is 4.74 Å². The third kappa shape index (κ3) is 2.78. The van der Waals surface area contributed by atoms with Crippen molar-refractivity contribution in [2.45, 2.75) is 0 Å².